The molecule has 1 aromatic carbocycles. The summed E-state index contributed by atoms with van der Waals surface area (Å²) in [6.07, 6.45) is 0. The number of halogens is 1. The molecule has 3 nitrogen and oxygen atoms in total. The van der Waals surface area contributed by atoms with Crippen LogP contribution in [0.5, 0.6) is 0 Å². The molecule has 1 aromatic heterocycles. The van der Waals surface area contributed by atoms with Crippen molar-refractivity contribution in [2.24, 2.45) is 0 Å². The van der Waals surface area contributed by atoms with Gasteiger partial charge in [-0.2, -0.15) is 0 Å². The Kier molecular flexibility index (Phi) is 3.90. The first-order chi connectivity index (χ1) is 9.26. The Balaban J connectivity index is 2.30. The van der Waals surface area contributed by atoms with Gasteiger partial charge in [0.15, 0.2) is 0 Å². The normalized spacial score (nSPS) is 11.4. The predicted molar refractivity (Wildman–Crippen MR) is 79.5 cm³/mol. The zero-order valence-corrected chi connectivity index (χ0v) is 12.8. The van der Waals surface area contributed by atoms with Crippen LogP contribution in [0.2, 0.25) is 0 Å². The van der Waals surface area contributed by atoms with Crippen molar-refractivity contribution in [1.29, 1.82) is 0 Å². The van der Waals surface area contributed by atoms with Crippen LogP contribution in [-0.4, -0.2) is 16.4 Å². The summed E-state index contributed by atoms with van der Waals surface area (Å²) in [5.74, 6) is -0.409. The number of nitrogens with one attached hydrogen (secondary N) is 1. The van der Waals surface area contributed by atoms with E-state index in [4.69, 9.17) is 0 Å². The average molecular weight is 292 g/mol. The standard InChI is InChI=1S/C15H17FN2OS/c1-9-12(13(19)18-15(2,3)4)20-14(17-9)10-5-7-11(16)8-6-10/h5-8H,1-4H3,(H,18,19). The summed E-state index contributed by atoms with van der Waals surface area (Å²) in [4.78, 5) is 17.2. The number of thiazole rings is 1. The molecule has 0 bridgehead atoms. The second kappa shape index (κ2) is 5.32. The van der Waals surface area contributed by atoms with Crippen molar-refractivity contribution in [3.63, 3.8) is 0 Å². The molecule has 0 saturated heterocycles. The Bertz CT molecular complexity index is 626. The Morgan fingerprint density at radius 2 is 1.85 bits per heavy atom. The number of carbonyl (C=O) groups excluding carboxylic acids is 1. The topological polar surface area (TPSA) is 42.0 Å². The van der Waals surface area contributed by atoms with Crippen molar-refractivity contribution in [2.45, 2.75) is 33.2 Å². The smallest absolute Gasteiger partial charge is 0.263 e. The lowest BCUT2D eigenvalue weighted by Gasteiger charge is -2.19. The van der Waals surface area contributed by atoms with Crippen LogP contribution in [0.15, 0.2) is 24.3 Å². The second-order valence-electron chi connectivity index (χ2n) is 5.64. The zero-order chi connectivity index (χ0) is 14.9. The van der Waals surface area contributed by atoms with Crippen LogP contribution >= 0.6 is 11.3 Å². The van der Waals surface area contributed by atoms with Crippen LogP contribution in [0.4, 0.5) is 4.39 Å². The lowest BCUT2D eigenvalue weighted by molar-refractivity contribution is 0.0923. The molecule has 0 unspecified atom stereocenters. The highest BCUT2D eigenvalue weighted by molar-refractivity contribution is 7.17. The van der Waals surface area contributed by atoms with Crippen molar-refractivity contribution in [1.82, 2.24) is 10.3 Å². The summed E-state index contributed by atoms with van der Waals surface area (Å²) >= 11 is 1.32. The van der Waals surface area contributed by atoms with Crippen molar-refractivity contribution in [3.05, 3.63) is 40.7 Å². The van der Waals surface area contributed by atoms with Gasteiger partial charge in [0.1, 0.15) is 15.7 Å². The Morgan fingerprint density at radius 3 is 2.40 bits per heavy atom. The molecule has 0 radical (unpaired) electrons. The molecule has 0 atom stereocenters. The summed E-state index contributed by atoms with van der Waals surface area (Å²) in [5.41, 5.74) is 1.22. The number of carbonyl (C=O) groups is 1. The highest BCUT2D eigenvalue weighted by Crippen LogP contribution is 2.28. The van der Waals surface area contributed by atoms with Crippen LogP contribution in [0.25, 0.3) is 10.6 Å². The molecule has 20 heavy (non-hydrogen) atoms. The van der Waals surface area contributed by atoms with Gasteiger partial charge in [-0.25, -0.2) is 9.37 Å². The van der Waals surface area contributed by atoms with E-state index in [1.54, 1.807) is 19.1 Å². The lowest BCUT2D eigenvalue weighted by Crippen LogP contribution is -2.40. The van der Waals surface area contributed by atoms with E-state index >= 15 is 0 Å². The van der Waals surface area contributed by atoms with Crippen LogP contribution in [0, 0.1) is 12.7 Å². The van der Waals surface area contributed by atoms with Gasteiger partial charge in [0, 0.05) is 11.1 Å². The first kappa shape index (κ1) is 14.7. The van der Waals surface area contributed by atoms with E-state index in [1.165, 1.54) is 23.5 Å². The van der Waals surface area contributed by atoms with E-state index in [-0.39, 0.29) is 17.3 Å². The minimum atomic E-state index is -0.288. The molecule has 0 spiro atoms. The van der Waals surface area contributed by atoms with Crippen LogP contribution < -0.4 is 5.32 Å². The van der Waals surface area contributed by atoms with Gasteiger partial charge in [-0.15, -0.1) is 11.3 Å². The van der Waals surface area contributed by atoms with Gasteiger partial charge in [-0.3, -0.25) is 4.79 Å². The van der Waals surface area contributed by atoms with E-state index in [0.29, 0.717) is 10.6 Å². The minimum Gasteiger partial charge on any atom is -0.347 e. The quantitative estimate of drug-likeness (QED) is 0.915. The van der Waals surface area contributed by atoms with Crippen molar-refractivity contribution in [2.75, 3.05) is 0 Å². The van der Waals surface area contributed by atoms with Crippen LogP contribution in [-0.2, 0) is 0 Å². The molecule has 106 valence electrons. The fourth-order valence-corrected chi connectivity index (χ4v) is 2.69. The molecule has 1 amide bonds. The Hall–Kier alpha value is -1.75. The molecule has 1 N–H and O–H groups in total. The average Bonchev–Trinajstić information content (AvgIpc) is 2.70. The number of rotatable bonds is 2. The minimum absolute atomic E-state index is 0.124. The Morgan fingerprint density at radius 1 is 1.25 bits per heavy atom. The van der Waals surface area contributed by atoms with Gasteiger partial charge in [0.25, 0.3) is 5.91 Å². The molecule has 0 aliphatic heterocycles. The van der Waals surface area contributed by atoms with Gasteiger partial charge in [-0.1, -0.05) is 0 Å². The summed E-state index contributed by atoms with van der Waals surface area (Å²) < 4.78 is 12.9. The number of benzene rings is 1. The number of hydrogen-bond donors (Lipinski definition) is 1. The van der Waals surface area contributed by atoms with E-state index in [2.05, 4.69) is 10.3 Å². The summed E-state index contributed by atoms with van der Waals surface area (Å²) in [5, 5.41) is 3.65. The SMILES string of the molecule is Cc1nc(-c2ccc(F)cc2)sc1C(=O)NC(C)(C)C. The molecule has 2 rings (SSSR count). The van der Waals surface area contributed by atoms with Crippen LogP contribution in [0.3, 0.4) is 0 Å². The number of amides is 1. The van der Waals surface area contributed by atoms with Gasteiger partial charge in [0.05, 0.1) is 5.69 Å². The summed E-state index contributed by atoms with van der Waals surface area (Å²) in [6.45, 7) is 7.60. The van der Waals surface area contributed by atoms with E-state index in [1.807, 2.05) is 20.8 Å². The number of aromatic nitrogens is 1. The van der Waals surface area contributed by atoms with E-state index < -0.39 is 0 Å². The molecular weight excluding hydrogens is 275 g/mol. The molecule has 0 aliphatic rings. The first-order valence-electron chi connectivity index (χ1n) is 6.32. The van der Waals surface area contributed by atoms with Gasteiger partial charge >= 0.3 is 0 Å². The maximum atomic E-state index is 12.9. The maximum absolute atomic E-state index is 12.9. The predicted octanol–water partition coefficient (Wildman–Crippen LogP) is 3.79. The number of nitrogens with zero attached hydrogens (tertiary/aromatic N) is 1. The molecule has 2 aromatic rings. The lowest BCUT2D eigenvalue weighted by atomic mass is 10.1. The second-order valence-corrected chi connectivity index (χ2v) is 6.64. The fourth-order valence-electron chi connectivity index (χ4n) is 1.72. The molecular formula is C15H17FN2OS. The molecule has 1 heterocycles. The van der Waals surface area contributed by atoms with E-state index in [9.17, 15) is 9.18 Å². The number of hydrogen-bond acceptors (Lipinski definition) is 3. The van der Waals surface area contributed by atoms with Gasteiger partial charge < -0.3 is 5.32 Å². The largest absolute Gasteiger partial charge is 0.347 e. The number of aryl methyl sites for hydroxylation is 1. The summed E-state index contributed by atoms with van der Waals surface area (Å²) in [7, 11) is 0. The summed E-state index contributed by atoms with van der Waals surface area (Å²) in [6, 6.07) is 6.11. The maximum Gasteiger partial charge on any atom is 0.263 e. The third-order valence-corrected chi connectivity index (χ3v) is 3.79. The third-order valence-electron chi connectivity index (χ3n) is 2.58. The third kappa shape index (κ3) is 3.42. The molecule has 0 fully saturated rings. The van der Waals surface area contributed by atoms with Crippen molar-refractivity contribution >= 4 is 17.2 Å². The van der Waals surface area contributed by atoms with Gasteiger partial charge in [0.2, 0.25) is 0 Å². The van der Waals surface area contributed by atoms with Crippen LogP contribution in [0.1, 0.15) is 36.1 Å². The molecule has 0 saturated carbocycles. The van der Waals surface area contributed by atoms with Gasteiger partial charge in [-0.05, 0) is 52.0 Å². The molecule has 0 aliphatic carbocycles. The van der Waals surface area contributed by atoms with Crippen molar-refractivity contribution < 1.29 is 9.18 Å². The monoisotopic (exact) mass is 292 g/mol. The fraction of sp³-hybridized carbons (Fsp3) is 0.333. The highest BCUT2D eigenvalue weighted by Gasteiger charge is 2.20. The Labute approximate surface area is 121 Å². The first-order valence-corrected chi connectivity index (χ1v) is 7.14. The highest BCUT2D eigenvalue weighted by atomic mass is 32.1. The molecule has 5 heteroatoms. The van der Waals surface area contributed by atoms with E-state index in [0.717, 1.165) is 10.6 Å². The zero-order valence-electron chi connectivity index (χ0n) is 12.0. The van der Waals surface area contributed by atoms with Crippen molar-refractivity contribution in [3.8, 4) is 10.6 Å².